The Hall–Kier alpha value is -2.57. The van der Waals surface area contributed by atoms with Crippen molar-refractivity contribution in [3.8, 4) is 0 Å². The number of amides is 3. The summed E-state index contributed by atoms with van der Waals surface area (Å²) in [5.41, 5.74) is 0.0987. The normalized spacial score (nSPS) is 16.3. The molecule has 7 heteroatoms. The monoisotopic (exact) mass is 459 g/mol. The molecule has 0 aromatic heterocycles. The third kappa shape index (κ3) is 8.06. The summed E-state index contributed by atoms with van der Waals surface area (Å²) in [5.74, 6) is -0.543. The first-order chi connectivity index (χ1) is 15.6. The van der Waals surface area contributed by atoms with Crippen molar-refractivity contribution in [1.29, 1.82) is 0 Å². The highest BCUT2D eigenvalue weighted by atomic mass is 16.6. The van der Waals surface area contributed by atoms with Crippen molar-refractivity contribution >= 4 is 17.9 Å². The number of carbonyl (C=O) groups excluding carboxylic acids is 3. The Morgan fingerprint density at radius 1 is 1.12 bits per heavy atom. The lowest BCUT2D eigenvalue weighted by atomic mass is 9.95. The van der Waals surface area contributed by atoms with Crippen molar-refractivity contribution in [2.45, 2.75) is 97.4 Å². The largest absolute Gasteiger partial charge is 0.444 e. The second kappa shape index (κ2) is 12.1. The van der Waals surface area contributed by atoms with Crippen LogP contribution in [0.1, 0.15) is 85.3 Å². The summed E-state index contributed by atoms with van der Waals surface area (Å²) in [7, 11) is 0. The van der Waals surface area contributed by atoms with E-state index in [1.165, 1.54) is 0 Å². The van der Waals surface area contributed by atoms with Crippen LogP contribution in [0.5, 0.6) is 0 Å². The van der Waals surface area contributed by atoms with Crippen LogP contribution >= 0.6 is 0 Å². The number of benzene rings is 1. The van der Waals surface area contributed by atoms with Crippen LogP contribution in [0, 0.1) is 5.92 Å². The summed E-state index contributed by atoms with van der Waals surface area (Å²) in [6.45, 7) is 11.9. The minimum absolute atomic E-state index is 0.0216. The van der Waals surface area contributed by atoms with Crippen LogP contribution in [0.15, 0.2) is 30.3 Å². The van der Waals surface area contributed by atoms with Crippen LogP contribution in [0.4, 0.5) is 4.79 Å². The molecule has 3 atom stereocenters. The van der Waals surface area contributed by atoms with Crippen LogP contribution in [-0.2, 0) is 14.3 Å². The van der Waals surface area contributed by atoms with Crippen molar-refractivity contribution in [3.05, 3.63) is 35.9 Å². The Morgan fingerprint density at radius 2 is 1.76 bits per heavy atom. The van der Waals surface area contributed by atoms with Gasteiger partial charge in [0.1, 0.15) is 17.7 Å². The SMILES string of the molecule is CCCCNC(=O)C(c1ccccc1)N(C(=O)C(NC(=O)OC(C)(C)C)C(C)CC)C1CC1. The van der Waals surface area contributed by atoms with Crippen molar-refractivity contribution in [1.82, 2.24) is 15.5 Å². The quantitative estimate of drug-likeness (QED) is 0.474. The molecule has 1 aliphatic rings. The van der Waals surface area contributed by atoms with Crippen LogP contribution in [0.3, 0.4) is 0 Å². The molecule has 1 aromatic rings. The van der Waals surface area contributed by atoms with Gasteiger partial charge in [-0.3, -0.25) is 9.59 Å². The van der Waals surface area contributed by atoms with E-state index in [1.54, 1.807) is 25.7 Å². The highest BCUT2D eigenvalue weighted by molar-refractivity contribution is 5.92. The molecular formula is C26H41N3O4. The Bertz CT molecular complexity index is 786. The molecule has 0 spiro atoms. The summed E-state index contributed by atoms with van der Waals surface area (Å²) in [6.07, 6.45) is 3.61. The van der Waals surface area contributed by atoms with Crippen LogP contribution < -0.4 is 10.6 Å². The molecule has 3 unspecified atom stereocenters. The fraction of sp³-hybridized carbons (Fsp3) is 0.654. The number of unbranched alkanes of at least 4 members (excludes halogenated alkanes) is 1. The maximum Gasteiger partial charge on any atom is 0.408 e. The lowest BCUT2D eigenvalue weighted by Crippen LogP contribution is -2.55. The van der Waals surface area contributed by atoms with E-state index in [2.05, 4.69) is 17.6 Å². The van der Waals surface area contributed by atoms with Crippen molar-refractivity contribution < 1.29 is 19.1 Å². The molecule has 0 radical (unpaired) electrons. The van der Waals surface area contributed by atoms with E-state index in [9.17, 15) is 14.4 Å². The Kier molecular flexibility index (Phi) is 9.74. The van der Waals surface area contributed by atoms with E-state index in [0.717, 1.165) is 31.2 Å². The maximum absolute atomic E-state index is 14.0. The van der Waals surface area contributed by atoms with Gasteiger partial charge in [-0.1, -0.05) is 63.9 Å². The van der Waals surface area contributed by atoms with Crippen LogP contribution in [-0.4, -0.2) is 47.0 Å². The molecule has 0 saturated heterocycles. The Morgan fingerprint density at radius 3 is 2.27 bits per heavy atom. The van der Waals surface area contributed by atoms with Gasteiger partial charge in [0.05, 0.1) is 0 Å². The molecule has 2 rings (SSSR count). The first-order valence-electron chi connectivity index (χ1n) is 12.2. The predicted molar refractivity (Wildman–Crippen MR) is 130 cm³/mol. The van der Waals surface area contributed by atoms with E-state index in [4.69, 9.17) is 4.74 Å². The molecule has 7 nitrogen and oxygen atoms in total. The minimum atomic E-state index is -0.778. The first kappa shape index (κ1) is 26.7. The molecule has 1 aliphatic carbocycles. The van der Waals surface area contributed by atoms with Gasteiger partial charge in [-0.05, 0) is 51.5 Å². The number of rotatable bonds is 11. The zero-order valence-electron chi connectivity index (χ0n) is 21.0. The lowest BCUT2D eigenvalue weighted by molar-refractivity contribution is -0.144. The third-order valence-electron chi connectivity index (χ3n) is 5.82. The van der Waals surface area contributed by atoms with E-state index >= 15 is 0 Å². The number of carbonyl (C=O) groups is 3. The summed E-state index contributed by atoms with van der Waals surface area (Å²) in [6, 6.07) is 7.87. The van der Waals surface area contributed by atoms with Gasteiger partial charge < -0.3 is 20.3 Å². The number of nitrogens with zero attached hydrogens (tertiary/aromatic N) is 1. The molecule has 0 aliphatic heterocycles. The van der Waals surface area contributed by atoms with E-state index in [-0.39, 0.29) is 23.8 Å². The van der Waals surface area contributed by atoms with Gasteiger partial charge >= 0.3 is 6.09 Å². The second-order valence-corrected chi connectivity index (χ2v) is 9.94. The molecule has 184 valence electrons. The summed E-state index contributed by atoms with van der Waals surface area (Å²) in [5, 5.41) is 5.81. The van der Waals surface area contributed by atoms with Gasteiger partial charge in [0.25, 0.3) is 0 Å². The van der Waals surface area contributed by atoms with E-state index in [0.29, 0.717) is 13.0 Å². The standard InChI is InChI=1S/C26H41N3O4/c1-7-9-17-27-23(30)22(19-13-11-10-12-14-19)29(20-15-16-20)24(31)21(18(3)8-2)28-25(32)33-26(4,5)6/h10-14,18,20-22H,7-9,15-17H2,1-6H3,(H,27,30)(H,28,32). The average Bonchev–Trinajstić information content (AvgIpc) is 3.59. The summed E-state index contributed by atoms with van der Waals surface area (Å²) < 4.78 is 5.43. The van der Waals surface area contributed by atoms with Crippen molar-refractivity contribution in [3.63, 3.8) is 0 Å². The highest BCUT2D eigenvalue weighted by Gasteiger charge is 2.44. The zero-order chi connectivity index (χ0) is 24.6. The highest BCUT2D eigenvalue weighted by Crippen LogP contribution is 2.36. The van der Waals surface area contributed by atoms with Gasteiger partial charge in [0, 0.05) is 12.6 Å². The average molecular weight is 460 g/mol. The minimum Gasteiger partial charge on any atom is -0.444 e. The van der Waals surface area contributed by atoms with Gasteiger partial charge in [0.15, 0.2) is 0 Å². The smallest absolute Gasteiger partial charge is 0.408 e. The molecule has 1 fully saturated rings. The Balaban J connectivity index is 2.37. The number of nitrogens with one attached hydrogen (secondary N) is 2. The Labute approximate surface area is 198 Å². The van der Waals surface area contributed by atoms with E-state index in [1.807, 2.05) is 44.2 Å². The third-order valence-corrected chi connectivity index (χ3v) is 5.82. The summed E-state index contributed by atoms with van der Waals surface area (Å²) in [4.78, 5) is 41.6. The molecule has 1 aromatic carbocycles. The van der Waals surface area contributed by atoms with Crippen molar-refractivity contribution in [2.24, 2.45) is 5.92 Å². The van der Waals surface area contributed by atoms with Gasteiger partial charge in [-0.2, -0.15) is 0 Å². The lowest BCUT2D eigenvalue weighted by Gasteiger charge is -2.36. The van der Waals surface area contributed by atoms with Gasteiger partial charge in [-0.15, -0.1) is 0 Å². The molecule has 33 heavy (non-hydrogen) atoms. The molecule has 0 bridgehead atoms. The second-order valence-electron chi connectivity index (χ2n) is 9.94. The fourth-order valence-corrected chi connectivity index (χ4v) is 3.71. The maximum atomic E-state index is 14.0. The van der Waals surface area contributed by atoms with Crippen LogP contribution in [0.2, 0.25) is 0 Å². The number of hydrogen-bond donors (Lipinski definition) is 2. The van der Waals surface area contributed by atoms with Gasteiger partial charge in [0.2, 0.25) is 11.8 Å². The molecule has 3 amide bonds. The fourth-order valence-electron chi connectivity index (χ4n) is 3.71. The van der Waals surface area contributed by atoms with Crippen molar-refractivity contribution in [2.75, 3.05) is 6.54 Å². The molecule has 2 N–H and O–H groups in total. The first-order valence-corrected chi connectivity index (χ1v) is 12.2. The molecule has 0 heterocycles. The predicted octanol–water partition coefficient (Wildman–Crippen LogP) is 4.57. The summed E-state index contributed by atoms with van der Waals surface area (Å²) >= 11 is 0. The van der Waals surface area contributed by atoms with Crippen LogP contribution in [0.25, 0.3) is 0 Å². The topological polar surface area (TPSA) is 87.7 Å². The number of hydrogen-bond acceptors (Lipinski definition) is 4. The van der Waals surface area contributed by atoms with Gasteiger partial charge in [-0.25, -0.2) is 4.79 Å². The van der Waals surface area contributed by atoms with E-state index < -0.39 is 23.8 Å². The molecular weight excluding hydrogens is 418 g/mol. The molecule has 1 saturated carbocycles. The number of ether oxygens (including phenoxy) is 1. The number of alkyl carbamates (subject to hydrolysis) is 1. The zero-order valence-corrected chi connectivity index (χ0v) is 21.0.